The number of ether oxygens (including phenoxy) is 1. The Labute approximate surface area is 186 Å². The normalized spacial score (nSPS) is 11.5. The lowest BCUT2D eigenvalue weighted by Gasteiger charge is -2.25. The van der Waals surface area contributed by atoms with E-state index in [-0.39, 0.29) is 5.91 Å². The molecular weight excluding hydrogens is 412 g/mol. The predicted octanol–water partition coefficient (Wildman–Crippen LogP) is 6.56. The number of oxazole rings is 1. The summed E-state index contributed by atoms with van der Waals surface area (Å²) < 4.78 is 11.8. The lowest BCUT2D eigenvalue weighted by Crippen LogP contribution is -2.42. The number of amides is 1. The summed E-state index contributed by atoms with van der Waals surface area (Å²) in [4.78, 5) is 17.5. The fourth-order valence-corrected chi connectivity index (χ4v) is 3.43. The molecular formula is C25H23ClN2O3. The first-order chi connectivity index (χ1) is 14.7. The van der Waals surface area contributed by atoms with Crippen molar-refractivity contribution in [3.05, 3.63) is 76.8 Å². The van der Waals surface area contributed by atoms with Gasteiger partial charge in [-0.25, -0.2) is 4.98 Å². The van der Waals surface area contributed by atoms with E-state index in [9.17, 15) is 4.79 Å². The minimum atomic E-state index is -1.09. The van der Waals surface area contributed by atoms with Gasteiger partial charge in [0.1, 0.15) is 11.3 Å². The fraction of sp³-hybridized carbons (Fsp3) is 0.200. The third-order valence-electron chi connectivity index (χ3n) is 4.99. The molecule has 3 aromatic carbocycles. The summed E-state index contributed by atoms with van der Waals surface area (Å²) in [5.74, 6) is 0.844. The first kappa shape index (κ1) is 20.9. The summed E-state index contributed by atoms with van der Waals surface area (Å²) in [5.41, 5.74) is 4.09. The SMILES string of the molecule is Cc1ccc(-c2nc3cc(NC(=O)C(C)(C)Oc4ccc(Cl)cc4)ccc3o2)c(C)c1. The van der Waals surface area contributed by atoms with Crippen molar-refractivity contribution in [3.8, 4) is 17.2 Å². The van der Waals surface area contributed by atoms with Gasteiger partial charge in [0.25, 0.3) is 5.91 Å². The molecule has 0 spiro atoms. The number of rotatable bonds is 5. The predicted molar refractivity (Wildman–Crippen MR) is 124 cm³/mol. The number of fused-ring (bicyclic) bond motifs is 1. The Morgan fingerprint density at radius 3 is 2.48 bits per heavy atom. The van der Waals surface area contributed by atoms with Crippen LogP contribution in [-0.2, 0) is 4.79 Å². The summed E-state index contributed by atoms with van der Waals surface area (Å²) in [5, 5.41) is 3.51. The van der Waals surface area contributed by atoms with Gasteiger partial charge < -0.3 is 14.5 Å². The summed E-state index contributed by atoms with van der Waals surface area (Å²) in [6.07, 6.45) is 0. The van der Waals surface area contributed by atoms with Crippen molar-refractivity contribution in [3.63, 3.8) is 0 Å². The number of carbonyl (C=O) groups is 1. The van der Waals surface area contributed by atoms with Gasteiger partial charge in [0.05, 0.1) is 0 Å². The molecule has 158 valence electrons. The molecule has 0 aliphatic carbocycles. The van der Waals surface area contributed by atoms with Crippen LogP contribution in [0.4, 0.5) is 5.69 Å². The number of aryl methyl sites for hydroxylation is 2. The van der Waals surface area contributed by atoms with Gasteiger partial charge >= 0.3 is 0 Å². The molecule has 0 radical (unpaired) electrons. The van der Waals surface area contributed by atoms with Crippen molar-refractivity contribution >= 4 is 34.3 Å². The molecule has 1 aromatic heterocycles. The smallest absolute Gasteiger partial charge is 0.267 e. The van der Waals surface area contributed by atoms with Crippen molar-refractivity contribution < 1.29 is 13.9 Å². The number of halogens is 1. The number of benzene rings is 3. The number of aromatic nitrogens is 1. The topological polar surface area (TPSA) is 64.4 Å². The second-order valence-electron chi connectivity index (χ2n) is 8.04. The number of nitrogens with one attached hydrogen (secondary N) is 1. The van der Waals surface area contributed by atoms with Crippen molar-refractivity contribution in [1.82, 2.24) is 4.98 Å². The zero-order valence-corrected chi connectivity index (χ0v) is 18.6. The highest BCUT2D eigenvalue weighted by molar-refractivity contribution is 6.30. The molecule has 31 heavy (non-hydrogen) atoms. The molecule has 4 aromatic rings. The number of anilines is 1. The third-order valence-corrected chi connectivity index (χ3v) is 5.24. The van der Waals surface area contributed by atoms with Crippen molar-refractivity contribution in [2.75, 3.05) is 5.32 Å². The summed E-state index contributed by atoms with van der Waals surface area (Å²) >= 11 is 5.91. The van der Waals surface area contributed by atoms with Gasteiger partial charge in [-0.3, -0.25) is 4.79 Å². The van der Waals surface area contributed by atoms with Gasteiger partial charge in [0.15, 0.2) is 11.2 Å². The van der Waals surface area contributed by atoms with Crippen LogP contribution < -0.4 is 10.1 Å². The molecule has 4 rings (SSSR count). The zero-order valence-electron chi connectivity index (χ0n) is 17.8. The highest BCUT2D eigenvalue weighted by Crippen LogP contribution is 2.29. The van der Waals surface area contributed by atoms with Crippen molar-refractivity contribution in [2.45, 2.75) is 33.3 Å². The van der Waals surface area contributed by atoms with Crippen LogP contribution in [0.15, 0.2) is 65.1 Å². The first-order valence-corrected chi connectivity index (χ1v) is 10.3. The van der Waals surface area contributed by atoms with Gasteiger partial charge in [-0.05, 0) is 81.8 Å². The molecule has 5 nitrogen and oxygen atoms in total. The monoisotopic (exact) mass is 434 g/mol. The fourth-order valence-electron chi connectivity index (χ4n) is 3.30. The molecule has 0 saturated carbocycles. The standard InChI is InChI=1S/C25H23ClN2O3/c1-15-5-11-20(16(2)13-15)23-28-21-14-18(8-12-22(21)30-23)27-24(29)25(3,4)31-19-9-6-17(26)7-10-19/h5-14H,1-4H3,(H,27,29). The maximum absolute atomic E-state index is 12.8. The molecule has 1 N–H and O–H groups in total. The molecule has 6 heteroatoms. The quantitative estimate of drug-likeness (QED) is 0.386. The van der Waals surface area contributed by atoms with E-state index in [1.807, 2.05) is 19.1 Å². The van der Waals surface area contributed by atoms with Crippen LogP contribution in [0.1, 0.15) is 25.0 Å². The number of carbonyl (C=O) groups excluding carboxylic acids is 1. The highest BCUT2D eigenvalue weighted by atomic mass is 35.5. The van der Waals surface area contributed by atoms with E-state index in [0.29, 0.717) is 33.4 Å². The average Bonchev–Trinajstić information content (AvgIpc) is 3.12. The molecule has 1 amide bonds. The molecule has 0 aliphatic heterocycles. The Morgan fingerprint density at radius 1 is 1.03 bits per heavy atom. The Kier molecular flexibility index (Phi) is 5.46. The summed E-state index contributed by atoms with van der Waals surface area (Å²) in [6, 6.07) is 18.4. The van der Waals surface area contributed by atoms with Crippen LogP contribution >= 0.6 is 11.6 Å². The second-order valence-corrected chi connectivity index (χ2v) is 8.48. The van der Waals surface area contributed by atoms with Crippen molar-refractivity contribution in [2.24, 2.45) is 0 Å². The maximum atomic E-state index is 12.8. The Balaban J connectivity index is 1.54. The number of hydrogen-bond donors (Lipinski definition) is 1. The minimum absolute atomic E-state index is 0.278. The third kappa shape index (κ3) is 4.57. The molecule has 0 bridgehead atoms. The van der Waals surface area contributed by atoms with Gasteiger partial charge in [-0.15, -0.1) is 0 Å². The summed E-state index contributed by atoms with van der Waals surface area (Å²) in [7, 11) is 0. The number of nitrogens with zero attached hydrogens (tertiary/aromatic N) is 1. The molecule has 1 heterocycles. The van der Waals surface area contributed by atoms with Crippen LogP contribution in [0, 0.1) is 13.8 Å². The van der Waals surface area contributed by atoms with Gasteiger partial charge in [0, 0.05) is 16.3 Å². The Hall–Kier alpha value is -3.31. The average molecular weight is 435 g/mol. The van der Waals surface area contributed by atoms with E-state index in [1.165, 1.54) is 5.56 Å². The van der Waals surface area contributed by atoms with Crippen LogP contribution in [0.2, 0.25) is 5.02 Å². The van der Waals surface area contributed by atoms with E-state index in [4.69, 9.17) is 20.8 Å². The van der Waals surface area contributed by atoms with Gasteiger partial charge in [0.2, 0.25) is 5.89 Å². The maximum Gasteiger partial charge on any atom is 0.267 e. The molecule has 0 atom stereocenters. The molecule has 0 saturated heterocycles. The van der Waals surface area contributed by atoms with E-state index in [1.54, 1.807) is 56.3 Å². The molecule has 0 unspecified atom stereocenters. The lowest BCUT2D eigenvalue weighted by molar-refractivity contribution is -0.128. The van der Waals surface area contributed by atoms with Crippen LogP contribution in [0.5, 0.6) is 5.75 Å². The summed E-state index contributed by atoms with van der Waals surface area (Å²) in [6.45, 7) is 7.51. The van der Waals surface area contributed by atoms with Crippen LogP contribution in [-0.4, -0.2) is 16.5 Å². The van der Waals surface area contributed by atoms with E-state index >= 15 is 0 Å². The van der Waals surface area contributed by atoms with Crippen LogP contribution in [0.25, 0.3) is 22.6 Å². The molecule has 0 aliphatic rings. The van der Waals surface area contributed by atoms with E-state index < -0.39 is 5.60 Å². The minimum Gasteiger partial charge on any atom is -0.478 e. The first-order valence-electron chi connectivity index (χ1n) is 9.95. The second kappa shape index (κ2) is 8.08. The highest BCUT2D eigenvalue weighted by Gasteiger charge is 2.30. The number of hydrogen-bond acceptors (Lipinski definition) is 4. The largest absolute Gasteiger partial charge is 0.478 e. The van der Waals surface area contributed by atoms with Crippen LogP contribution in [0.3, 0.4) is 0 Å². The molecule has 0 fully saturated rings. The van der Waals surface area contributed by atoms with Crippen molar-refractivity contribution in [1.29, 1.82) is 0 Å². The Bertz CT molecular complexity index is 1260. The van der Waals surface area contributed by atoms with E-state index in [0.717, 1.165) is 11.1 Å². The lowest BCUT2D eigenvalue weighted by atomic mass is 10.1. The van der Waals surface area contributed by atoms with Gasteiger partial charge in [-0.1, -0.05) is 29.3 Å². The Morgan fingerprint density at radius 2 is 1.77 bits per heavy atom. The van der Waals surface area contributed by atoms with Gasteiger partial charge in [-0.2, -0.15) is 0 Å². The van der Waals surface area contributed by atoms with E-state index in [2.05, 4.69) is 23.3 Å². The zero-order chi connectivity index (χ0) is 22.2.